The molecule has 0 fully saturated rings. The van der Waals surface area contributed by atoms with E-state index in [4.69, 9.17) is 5.11 Å². The zero-order valence-corrected chi connectivity index (χ0v) is 6.17. The highest BCUT2D eigenvalue weighted by Crippen LogP contribution is 2.09. The fourth-order valence-electron chi connectivity index (χ4n) is 0.983. The van der Waals surface area contributed by atoms with Crippen molar-refractivity contribution in [2.24, 2.45) is 0 Å². The molecule has 1 heteroatoms. The van der Waals surface area contributed by atoms with E-state index in [2.05, 4.69) is 12.2 Å². The average molecular weight is 136 g/mol. The first-order valence-corrected chi connectivity index (χ1v) is 3.47. The molecule has 0 spiro atoms. The third-order valence-electron chi connectivity index (χ3n) is 1.49. The number of rotatable bonds is 1. The van der Waals surface area contributed by atoms with Gasteiger partial charge in [0.15, 0.2) is 0 Å². The summed E-state index contributed by atoms with van der Waals surface area (Å²) in [5.74, 6) is 0. The Bertz CT molecular complexity index is 197. The smallest absolute Gasteiger partial charge is 0.0678 e. The molecule has 0 saturated heterocycles. The molecule has 0 aromatic heterocycles. The maximum Gasteiger partial charge on any atom is 0.0678 e. The molecule has 0 radical (unpaired) electrons. The Hall–Kier alpha value is -0.820. The molecule has 1 aliphatic carbocycles. The summed E-state index contributed by atoms with van der Waals surface area (Å²) in [6.45, 7) is 2.18. The zero-order valence-electron chi connectivity index (χ0n) is 6.17. The SMILES string of the molecule is CC1=CC(CO)=CCC=C1. The molecule has 0 aliphatic heterocycles. The lowest BCUT2D eigenvalue weighted by Gasteiger charge is -1.93. The molecule has 10 heavy (non-hydrogen) atoms. The predicted molar refractivity (Wildman–Crippen MR) is 42.7 cm³/mol. The molecule has 1 rings (SSSR count). The fourth-order valence-corrected chi connectivity index (χ4v) is 0.983. The van der Waals surface area contributed by atoms with Crippen LogP contribution < -0.4 is 0 Å². The third-order valence-corrected chi connectivity index (χ3v) is 1.49. The van der Waals surface area contributed by atoms with Crippen LogP contribution in [0.2, 0.25) is 0 Å². The highest BCUT2D eigenvalue weighted by Gasteiger charge is 1.93. The minimum absolute atomic E-state index is 0.152. The molecule has 1 aliphatic rings. The van der Waals surface area contributed by atoms with Crippen LogP contribution >= 0.6 is 0 Å². The van der Waals surface area contributed by atoms with E-state index in [-0.39, 0.29) is 6.61 Å². The molecule has 54 valence electrons. The molecule has 0 aromatic rings. The molecule has 1 nitrogen and oxygen atoms in total. The van der Waals surface area contributed by atoms with Crippen LogP contribution in [0.4, 0.5) is 0 Å². The Morgan fingerprint density at radius 2 is 2.40 bits per heavy atom. The first-order chi connectivity index (χ1) is 4.83. The quantitative estimate of drug-likeness (QED) is 0.583. The Morgan fingerprint density at radius 1 is 1.60 bits per heavy atom. The van der Waals surface area contributed by atoms with Gasteiger partial charge in [-0.3, -0.25) is 0 Å². The zero-order chi connectivity index (χ0) is 7.40. The summed E-state index contributed by atoms with van der Waals surface area (Å²) in [5.41, 5.74) is 2.22. The summed E-state index contributed by atoms with van der Waals surface area (Å²) >= 11 is 0. The Kier molecular flexibility index (Phi) is 2.46. The van der Waals surface area contributed by atoms with Crippen LogP contribution in [-0.2, 0) is 0 Å². The summed E-state index contributed by atoms with van der Waals surface area (Å²) in [4.78, 5) is 0. The van der Waals surface area contributed by atoms with Crippen molar-refractivity contribution in [3.63, 3.8) is 0 Å². The summed E-state index contributed by atoms with van der Waals surface area (Å²) in [6.07, 6.45) is 9.13. The summed E-state index contributed by atoms with van der Waals surface area (Å²) in [7, 11) is 0. The van der Waals surface area contributed by atoms with E-state index in [1.54, 1.807) is 0 Å². The van der Waals surface area contributed by atoms with Gasteiger partial charge in [0.2, 0.25) is 0 Å². The monoisotopic (exact) mass is 136 g/mol. The largest absolute Gasteiger partial charge is 0.392 e. The maximum absolute atomic E-state index is 8.79. The van der Waals surface area contributed by atoms with E-state index in [0.717, 1.165) is 12.0 Å². The second kappa shape index (κ2) is 3.37. The maximum atomic E-state index is 8.79. The van der Waals surface area contributed by atoms with Gasteiger partial charge in [0.25, 0.3) is 0 Å². The van der Waals surface area contributed by atoms with Crippen molar-refractivity contribution in [1.29, 1.82) is 0 Å². The number of aliphatic hydroxyl groups is 1. The average Bonchev–Trinajstić information content (AvgIpc) is 2.13. The fraction of sp³-hybridized carbons (Fsp3) is 0.333. The van der Waals surface area contributed by atoms with Crippen molar-refractivity contribution >= 4 is 0 Å². The van der Waals surface area contributed by atoms with Gasteiger partial charge < -0.3 is 5.11 Å². The molecule has 0 aromatic carbocycles. The van der Waals surface area contributed by atoms with E-state index in [0.29, 0.717) is 0 Å². The summed E-state index contributed by atoms with van der Waals surface area (Å²) in [6, 6.07) is 0. The van der Waals surface area contributed by atoms with E-state index in [9.17, 15) is 0 Å². The van der Waals surface area contributed by atoms with Crippen molar-refractivity contribution in [2.75, 3.05) is 6.61 Å². The second-order valence-corrected chi connectivity index (χ2v) is 2.46. The van der Waals surface area contributed by atoms with Gasteiger partial charge in [0, 0.05) is 0 Å². The lowest BCUT2D eigenvalue weighted by atomic mass is 10.2. The number of hydrogen-bond donors (Lipinski definition) is 1. The highest BCUT2D eigenvalue weighted by molar-refractivity contribution is 5.32. The standard InChI is InChI=1S/C9H12O/c1-8-4-2-3-5-9(6-8)7-10/h2,4-6,10H,3,7H2,1H3. The van der Waals surface area contributed by atoms with Crippen LogP contribution in [0.1, 0.15) is 13.3 Å². The van der Waals surface area contributed by atoms with Gasteiger partial charge in [-0.15, -0.1) is 0 Å². The normalized spacial score (nSPS) is 17.8. The molecule has 0 amide bonds. The summed E-state index contributed by atoms with van der Waals surface area (Å²) in [5, 5.41) is 8.79. The highest BCUT2D eigenvalue weighted by atomic mass is 16.3. The minimum atomic E-state index is 0.152. The van der Waals surface area contributed by atoms with Gasteiger partial charge in [-0.05, 0) is 18.9 Å². The summed E-state index contributed by atoms with van der Waals surface area (Å²) < 4.78 is 0. The van der Waals surface area contributed by atoms with Crippen LogP contribution in [0.5, 0.6) is 0 Å². The number of hydrogen-bond acceptors (Lipinski definition) is 1. The van der Waals surface area contributed by atoms with Crippen molar-refractivity contribution in [3.8, 4) is 0 Å². The number of allylic oxidation sites excluding steroid dienone is 4. The van der Waals surface area contributed by atoms with Crippen LogP contribution in [0, 0.1) is 0 Å². The van der Waals surface area contributed by atoms with E-state index in [1.807, 2.05) is 19.1 Å². The molecular formula is C9H12O. The van der Waals surface area contributed by atoms with Gasteiger partial charge in [0.05, 0.1) is 6.61 Å². The van der Waals surface area contributed by atoms with Crippen LogP contribution in [0.15, 0.2) is 35.5 Å². The molecule has 0 unspecified atom stereocenters. The lowest BCUT2D eigenvalue weighted by molar-refractivity contribution is 0.334. The Balaban J connectivity index is 2.77. The van der Waals surface area contributed by atoms with Gasteiger partial charge in [-0.2, -0.15) is 0 Å². The Labute approximate surface area is 61.4 Å². The third kappa shape index (κ3) is 1.85. The van der Waals surface area contributed by atoms with Crippen LogP contribution in [0.25, 0.3) is 0 Å². The molecule has 0 heterocycles. The number of aliphatic hydroxyl groups excluding tert-OH is 1. The van der Waals surface area contributed by atoms with Gasteiger partial charge in [-0.1, -0.05) is 29.9 Å². The molecule has 0 bridgehead atoms. The van der Waals surface area contributed by atoms with Gasteiger partial charge in [-0.25, -0.2) is 0 Å². The minimum Gasteiger partial charge on any atom is -0.392 e. The first kappa shape index (κ1) is 7.29. The molecule has 0 atom stereocenters. The molecule has 0 saturated carbocycles. The van der Waals surface area contributed by atoms with Gasteiger partial charge >= 0.3 is 0 Å². The van der Waals surface area contributed by atoms with Crippen molar-refractivity contribution < 1.29 is 5.11 Å². The topological polar surface area (TPSA) is 20.2 Å². The predicted octanol–water partition coefficient (Wildman–Crippen LogP) is 1.81. The van der Waals surface area contributed by atoms with Crippen LogP contribution in [-0.4, -0.2) is 11.7 Å². The molecular weight excluding hydrogens is 124 g/mol. The van der Waals surface area contributed by atoms with Crippen molar-refractivity contribution in [3.05, 3.63) is 35.5 Å². The van der Waals surface area contributed by atoms with E-state index >= 15 is 0 Å². The molecule has 1 N–H and O–H groups in total. The van der Waals surface area contributed by atoms with Crippen molar-refractivity contribution in [2.45, 2.75) is 13.3 Å². The Morgan fingerprint density at radius 3 is 3.10 bits per heavy atom. The van der Waals surface area contributed by atoms with E-state index < -0.39 is 0 Å². The van der Waals surface area contributed by atoms with Crippen LogP contribution in [0.3, 0.4) is 0 Å². The van der Waals surface area contributed by atoms with Gasteiger partial charge in [0.1, 0.15) is 0 Å². The van der Waals surface area contributed by atoms with Crippen molar-refractivity contribution in [1.82, 2.24) is 0 Å². The first-order valence-electron chi connectivity index (χ1n) is 3.47. The lowest BCUT2D eigenvalue weighted by Crippen LogP contribution is -1.85. The second-order valence-electron chi connectivity index (χ2n) is 2.46. The van der Waals surface area contributed by atoms with E-state index in [1.165, 1.54) is 5.57 Å².